The minimum Gasteiger partial charge on any atom is -0.497 e. The zero-order chi connectivity index (χ0) is 14.5. The first-order valence-electron chi connectivity index (χ1n) is 6.35. The van der Waals surface area contributed by atoms with Crippen LogP contribution in [0.25, 0.3) is 0 Å². The molecule has 1 heterocycles. The minimum atomic E-state index is 0.00602. The molecule has 0 aliphatic carbocycles. The lowest BCUT2D eigenvalue weighted by Gasteiger charge is -2.17. The first kappa shape index (κ1) is 15.0. The molecule has 2 aromatic rings. The van der Waals surface area contributed by atoms with Gasteiger partial charge in [0.15, 0.2) is 0 Å². The number of aromatic nitrogens is 1. The summed E-state index contributed by atoms with van der Waals surface area (Å²) in [4.78, 5) is 4.31. The summed E-state index contributed by atoms with van der Waals surface area (Å²) in [5.74, 6) is 6.52. The third kappa shape index (κ3) is 3.56. The Labute approximate surface area is 127 Å². The van der Waals surface area contributed by atoms with E-state index in [-0.39, 0.29) is 6.04 Å². The van der Waals surface area contributed by atoms with Crippen molar-refractivity contribution >= 4 is 15.9 Å². The molecule has 3 N–H and O–H groups in total. The highest BCUT2D eigenvalue weighted by Gasteiger charge is 2.13. The Bertz CT molecular complexity index is 572. The number of methoxy groups -OCH3 is 1. The first-order chi connectivity index (χ1) is 9.63. The molecule has 0 aliphatic heterocycles. The zero-order valence-corrected chi connectivity index (χ0v) is 13.1. The fourth-order valence-electron chi connectivity index (χ4n) is 2.01. The molecule has 4 nitrogen and oxygen atoms in total. The Morgan fingerprint density at radius 1 is 1.35 bits per heavy atom. The van der Waals surface area contributed by atoms with Crippen LogP contribution in [0.1, 0.15) is 22.9 Å². The minimum absolute atomic E-state index is 0.00602. The van der Waals surface area contributed by atoms with Gasteiger partial charge in [0, 0.05) is 16.4 Å². The molecule has 0 radical (unpaired) electrons. The maximum Gasteiger partial charge on any atom is 0.119 e. The predicted molar refractivity (Wildman–Crippen MR) is 83.4 cm³/mol. The average molecular weight is 336 g/mol. The predicted octanol–water partition coefficient (Wildman–Crippen LogP) is 2.91. The summed E-state index contributed by atoms with van der Waals surface area (Å²) in [6.45, 7) is 1.97. The van der Waals surface area contributed by atoms with E-state index in [1.54, 1.807) is 7.11 Å². The molecule has 20 heavy (non-hydrogen) atoms. The van der Waals surface area contributed by atoms with E-state index in [4.69, 9.17) is 10.6 Å². The van der Waals surface area contributed by atoms with E-state index in [0.717, 1.165) is 33.5 Å². The number of hydrazine groups is 1. The molecule has 1 aromatic heterocycles. The standard InChI is InChI=1S/C15H18BrN3O/c1-10-3-4-11(9-18-10)15(19-17)8-12-7-13(20-2)5-6-14(12)16/h3-7,9,15,19H,8,17H2,1-2H3. The second-order valence-corrected chi connectivity index (χ2v) is 5.47. The van der Waals surface area contributed by atoms with Crippen LogP contribution in [-0.2, 0) is 6.42 Å². The first-order valence-corrected chi connectivity index (χ1v) is 7.14. The number of nitrogens with zero attached hydrogens (tertiary/aromatic N) is 1. The second kappa shape index (κ2) is 6.83. The van der Waals surface area contributed by atoms with Crippen molar-refractivity contribution in [2.24, 2.45) is 5.84 Å². The quantitative estimate of drug-likeness (QED) is 0.651. The van der Waals surface area contributed by atoms with E-state index in [1.165, 1.54) is 0 Å². The maximum atomic E-state index is 5.69. The van der Waals surface area contributed by atoms with Crippen molar-refractivity contribution in [1.82, 2.24) is 10.4 Å². The van der Waals surface area contributed by atoms with E-state index >= 15 is 0 Å². The maximum absolute atomic E-state index is 5.69. The highest BCUT2D eigenvalue weighted by Crippen LogP contribution is 2.27. The highest BCUT2D eigenvalue weighted by atomic mass is 79.9. The van der Waals surface area contributed by atoms with Crippen molar-refractivity contribution in [2.75, 3.05) is 7.11 Å². The average Bonchev–Trinajstić information content (AvgIpc) is 2.47. The molecule has 0 saturated carbocycles. The fourth-order valence-corrected chi connectivity index (χ4v) is 2.42. The normalized spacial score (nSPS) is 12.2. The van der Waals surface area contributed by atoms with Gasteiger partial charge in [-0.1, -0.05) is 22.0 Å². The number of nitrogens with two attached hydrogens (primary N) is 1. The van der Waals surface area contributed by atoms with Crippen molar-refractivity contribution in [2.45, 2.75) is 19.4 Å². The molecule has 0 amide bonds. The number of benzene rings is 1. The topological polar surface area (TPSA) is 60.2 Å². The van der Waals surface area contributed by atoms with Crippen LogP contribution in [0.15, 0.2) is 41.0 Å². The summed E-state index contributed by atoms with van der Waals surface area (Å²) in [6, 6.07) is 9.95. The molecule has 0 spiro atoms. The van der Waals surface area contributed by atoms with Gasteiger partial charge in [-0.3, -0.25) is 16.3 Å². The van der Waals surface area contributed by atoms with Gasteiger partial charge in [0.25, 0.3) is 0 Å². The number of hydrogen-bond acceptors (Lipinski definition) is 4. The lowest BCUT2D eigenvalue weighted by molar-refractivity contribution is 0.413. The molecular weight excluding hydrogens is 318 g/mol. The van der Waals surface area contributed by atoms with Crippen molar-refractivity contribution in [3.8, 4) is 5.75 Å². The van der Waals surface area contributed by atoms with Gasteiger partial charge in [0.05, 0.1) is 13.2 Å². The highest BCUT2D eigenvalue weighted by molar-refractivity contribution is 9.10. The molecule has 0 bridgehead atoms. The Kier molecular flexibility index (Phi) is 5.11. The smallest absolute Gasteiger partial charge is 0.119 e. The van der Waals surface area contributed by atoms with Crippen LogP contribution >= 0.6 is 15.9 Å². The van der Waals surface area contributed by atoms with Gasteiger partial charge in [-0.15, -0.1) is 0 Å². The van der Waals surface area contributed by atoms with E-state index in [2.05, 4.69) is 26.3 Å². The Hall–Kier alpha value is -1.43. The number of ether oxygens (including phenoxy) is 1. The third-order valence-electron chi connectivity index (χ3n) is 3.21. The third-order valence-corrected chi connectivity index (χ3v) is 3.99. The Morgan fingerprint density at radius 2 is 2.15 bits per heavy atom. The summed E-state index contributed by atoms with van der Waals surface area (Å²) in [6.07, 6.45) is 2.60. The van der Waals surface area contributed by atoms with Gasteiger partial charge in [-0.25, -0.2) is 0 Å². The summed E-state index contributed by atoms with van der Waals surface area (Å²) in [7, 11) is 1.66. The van der Waals surface area contributed by atoms with Crippen molar-refractivity contribution in [1.29, 1.82) is 0 Å². The van der Waals surface area contributed by atoms with Gasteiger partial charge < -0.3 is 4.74 Å². The number of pyridine rings is 1. The molecule has 0 aliphatic rings. The lowest BCUT2D eigenvalue weighted by atomic mass is 10.0. The molecule has 1 atom stereocenters. The van der Waals surface area contributed by atoms with Crippen molar-refractivity contribution < 1.29 is 4.74 Å². The Morgan fingerprint density at radius 3 is 2.75 bits per heavy atom. The summed E-state index contributed by atoms with van der Waals surface area (Å²) in [5, 5.41) is 0. The largest absolute Gasteiger partial charge is 0.497 e. The molecule has 1 aromatic carbocycles. The molecule has 5 heteroatoms. The summed E-state index contributed by atoms with van der Waals surface area (Å²) < 4.78 is 6.30. The van der Waals surface area contributed by atoms with Crippen LogP contribution in [0.3, 0.4) is 0 Å². The monoisotopic (exact) mass is 335 g/mol. The van der Waals surface area contributed by atoms with Crippen LogP contribution in [-0.4, -0.2) is 12.1 Å². The number of halogens is 1. The number of hydrogen-bond donors (Lipinski definition) is 2. The fraction of sp³-hybridized carbons (Fsp3) is 0.267. The van der Waals surface area contributed by atoms with Gasteiger partial charge >= 0.3 is 0 Å². The molecular formula is C15H18BrN3O. The molecule has 1 unspecified atom stereocenters. The van der Waals surface area contributed by atoms with E-state index in [0.29, 0.717) is 0 Å². The second-order valence-electron chi connectivity index (χ2n) is 4.61. The van der Waals surface area contributed by atoms with Gasteiger partial charge in [0.2, 0.25) is 0 Å². The van der Waals surface area contributed by atoms with E-state index in [1.807, 2.05) is 43.5 Å². The van der Waals surface area contributed by atoms with Gasteiger partial charge in [0.1, 0.15) is 5.75 Å². The van der Waals surface area contributed by atoms with E-state index < -0.39 is 0 Å². The number of aryl methyl sites for hydroxylation is 1. The molecule has 0 saturated heterocycles. The zero-order valence-electron chi connectivity index (χ0n) is 11.6. The summed E-state index contributed by atoms with van der Waals surface area (Å²) >= 11 is 3.56. The molecule has 0 fully saturated rings. The van der Waals surface area contributed by atoms with Crippen LogP contribution < -0.4 is 16.0 Å². The van der Waals surface area contributed by atoms with Gasteiger partial charge in [-0.2, -0.15) is 0 Å². The van der Waals surface area contributed by atoms with Crippen LogP contribution in [0.4, 0.5) is 0 Å². The van der Waals surface area contributed by atoms with Crippen LogP contribution in [0.2, 0.25) is 0 Å². The van der Waals surface area contributed by atoms with E-state index in [9.17, 15) is 0 Å². The Balaban J connectivity index is 2.23. The number of rotatable bonds is 5. The SMILES string of the molecule is COc1ccc(Br)c(CC(NN)c2ccc(C)nc2)c1. The molecule has 106 valence electrons. The van der Waals surface area contributed by atoms with Crippen molar-refractivity contribution in [3.63, 3.8) is 0 Å². The summed E-state index contributed by atoms with van der Waals surface area (Å²) in [5.41, 5.74) is 6.04. The van der Waals surface area contributed by atoms with Crippen LogP contribution in [0.5, 0.6) is 5.75 Å². The van der Waals surface area contributed by atoms with Crippen LogP contribution in [0, 0.1) is 6.92 Å². The molecule has 2 rings (SSSR count). The van der Waals surface area contributed by atoms with Crippen molar-refractivity contribution in [3.05, 3.63) is 57.8 Å². The lowest BCUT2D eigenvalue weighted by Crippen LogP contribution is -2.29. The van der Waals surface area contributed by atoms with Gasteiger partial charge in [-0.05, 0) is 48.7 Å². The number of nitrogens with one attached hydrogen (secondary N) is 1.